The SMILES string of the molecule is Cc1ncc(CNc2ccc(-c3ccccc3)cc2)s1. The van der Waals surface area contributed by atoms with Gasteiger partial charge in [0, 0.05) is 16.8 Å². The molecule has 1 heterocycles. The normalized spacial score (nSPS) is 10.4. The standard InChI is InChI=1S/C17H16N2S/c1-13-18-11-17(20-13)12-19-16-9-7-15(8-10-16)14-5-3-2-4-6-14/h2-11,19H,12H2,1H3. The lowest BCUT2D eigenvalue weighted by atomic mass is 10.1. The molecular formula is C17H16N2S. The van der Waals surface area contributed by atoms with Gasteiger partial charge in [-0.3, -0.25) is 0 Å². The zero-order valence-electron chi connectivity index (χ0n) is 11.3. The number of rotatable bonds is 4. The first-order chi connectivity index (χ1) is 9.81. The van der Waals surface area contributed by atoms with Crippen molar-refractivity contribution in [3.05, 3.63) is 70.7 Å². The minimum atomic E-state index is 0.830. The summed E-state index contributed by atoms with van der Waals surface area (Å²) in [5.41, 5.74) is 3.62. The maximum atomic E-state index is 4.26. The van der Waals surface area contributed by atoms with Crippen LogP contribution in [0.3, 0.4) is 0 Å². The van der Waals surface area contributed by atoms with Gasteiger partial charge in [0.05, 0.1) is 11.6 Å². The molecule has 1 aromatic heterocycles. The Kier molecular flexibility index (Phi) is 3.79. The molecule has 0 aliphatic heterocycles. The number of hydrogen-bond donors (Lipinski definition) is 1. The van der Waals surface area contributed by atoms with Gasteiger partial charge in [-0.1, -0.05) is 42.5 Å². The predicted octanol–water partition coefficient (Wildman–Crippen LogP) is 4.73. The third-order valence-corrected chi connectivity index (χ3v) is 4.04. The highest BCUT2D eigenvalue weighted by Gasteiger charge is 1.99. The fourth-order valence-electron chi connectivity index (χ4n) is 2.09. The molecule has 0 radical (unpaired) electrons. The van der Waals surface area contributed by atoms with E-state index in [4.69, 9.17) is 0 Å². The van der Waals surface area contributed by atoms with Crippen molar-refractivity contribution in [3.63, 3.8) is 0 Å². The lowest BCUT2D eigenvalue weighted by Gasteiger charge is -2.06. The van der Waals surface area contributed by atoms with Gasteiger partial charge >= 0.3 is 0 Å². The molecule has 0 unspecified atom stereocenters. The van der Waals surface area contributed by atoms with Crippen LogP contribution in [0.4, 0.5) is 5.69 Å². The van der Waals surface area contributed by atoms with Crippen LogP contribution >= 0.6 is 11.3 Å². The molecule has 2 nitrogen and oxygen atoms in total. The van der Waals surface area contributed by atoms with Crippen molar-refractivity contribution in [1.29, 1.82) is 0 Å². The van der Waals surface area contributed by atoms with Gasteiger partial charge in [0.25, 0.3) is 0 Å². The number of aryl methyl sites for hydroxylation is 1. The molecule has 0 saturated heterocycles. The summed E-state index contributed by atoms with van der Waals surface area (Å²) in [7, 11) is 0. The van der Waals surface area contributed by atoms with Crippen LogP contribution in [0.5, 0.6) is 0 Å². The molecule has 0 fully saturated rings. The average molecular weight is 280 g/mol. The molecular weight excluding hydrogens is 264 g/mol. The third-order valence-electron chi connectivity index (χ3n) is 3.13. The number of anilines is 1. The fraction of sp³-hybridized carbons (Fsp3) is 0.118. The Morgan fingerprint density at radius 3 is 2.30 bits per heavy atom. The van der Waals surface area contributed by atoms with Gasteiger partial charge in [0.2, 0.25) is 0 Å². The molecule has 20 heavy (non-hydrogen) atoms. The summed E-state index contributed by atoms with van der Waals surface area (Å²) in [6, 6.07) is 19.0. The second-order valence-corrected chi connectivity index (χ2v) is 5.96. The third kappa shape index (κ3) is 3.06. The molecule has 3 heteroatoms. The monoisotopic (exact) mass is 280 g/mol. The highest BCUT2D eigenvalue weighted by molar-refractivity contribution is 7.11. The van der Waals surface area contributed by atoms with Crippen LogP contribution in [-0.2, 0) is 6.54 Å². The Morgan fingerprint density at radius 2 is 1.65 bits per heavy atom. The summed E-state index contributed by atoms with van der Waals surface area (Å²) in [5, 5.41) is 4.54. The van der Waals surface area contributed by atoms with E-state index >= 15 is 0 Å². The van der Waals surface area contributed by atoms with Gasteiger partial charge in [-0.25, -0.2) is 4.98 Å². The van der Waals surface area contributed by atoms with Crippen LogP contribution in [0, 0.1) is 6.92 Å². The van der Waals surface area contributed by atoms with Crippen molar-refractivity contribution >= 4 is 17.0 Å². The Bertz CT molecular complexity index is 672. The van der Waals surface area contributed by atoms with Crippen LogP contribution in [0.1, 0.15) is 9.88 Å². The van der Waals surface area contributed by atoms with E-state index in [2.05, 4.69) is 58.8 Å². The van der Waals surface area contributed by atoms with E-state index in [0.717, 1.165) is 17.2 Å². The zero-order valence-corrected chi connectivity index (χ0v) is 12.2. The summed E-state index contributed by atoms with van der Waals surface area (Å²) in [6.07, 6.45) is 1.94. The summed E-state index contributed by atoms with van der Waals surface area (Å²) < 4.78 is 0. The first-order valence-corrected chi connectivity index (χ1v) is 7.43. The molecule has 1 N–H and O–H groups in total. The Labute approximate surface area is 123 Å². The first-order valence-electron chi connectivity index (χ1n) is 6.62. The molecule has 0 amide bonds. The molecule has 3 rings (SSSR count). The van der Waals surface area contributed by atoms with Gasteiger partial charge in [-0.2, -0.15) is 0 Å². The first kappa shape index (κ1) is 12.9. The van der Waals surface area contributed by atoms with Crippen molar-refractivity contribution < 1.29 is 0 Å². The van der Waals surface area contributed by atoms with Gasteiger partial charge in [-0.15, -0.1) is 11.3 Å². The van der Waals surface area contributed by atoms with Crippen LogP contribution < -0.4 is 5.32 Å². The van der Waals surface area contributed by atoms with Gasteiger partial charge in [-0.05, 0) is 30.2 Å². The topological polar surface area (TPSA) is 24.9 Å². The lowest BCUT2D eigenvalue weighted by molar-refractivity contribution is 1.17. The Hall–Kier alpha value is -2.13. The minimum Gasteiger partial charge on any atom is -0.380 e. The van der Waals surface area contributed by atoms with Crippen LogP contribution in [0.15, 0.2) is 60.8 Å². The van der Waals surface area contributed by atoms with Crippen molar-refractivity contribution in [3.8, 4) is 11.1 Å². The number of thiazole rings is 1. The summed E-state index contributed by atoms with van der Waals surface area (Å²) >= 11 is 1.73. The quantitative estimate of drug-likeness (QED) is 0.747. The molecule has 3 aromatic rings. The summed E-state index contributed by atoms with van der Waals surface area (Å²) in [5.74, 6) is 0. The molecule has 0 saturated carbocycles. The van der Waals surface area contributed by atoms with Crippen molar-refractivity contribution in [2.75, 3.05) is 5.32 Å². The van der Waals surface area contributed by atoms with Gasteiger partial charge in [0.1, 0.15) is 0 Å². The fourth-order valence-corrected chi connectivity index (χ4v) is 2.82. The van der Waals surface area contributed by atoms with Crippen molar-refractivity contribution in [2.24, 2.45) is 0 Å². The summed E-state index contributed by atoms with van der Waals surface area (Å²) in [4.78, 5) is 5.52. The van der Waals surface area contributed by atoms with E-state index in [9.17, 15) is 0 Å². The Morgan fingerprint density at radius 1 is 0.950 bits per heavy atom. The molecule has 2 aromatic carbocycles. The number of hydrogen-bond acceptors (Lipinski definition) is 3. The number of benzene rings is 2. The maximum absolute atomic E-state index is 4.26. The predicted molar refractivity (Wildman–Crippen MR) is 86.1 cm³/mol. The molecule has 0 aliphatic rings. The number of nitrogens with one attached hydrogen (secondary N) is 1. The molecule has 100 valence electrons. The molecule has 0 spiro atoms. The highest BCUT2D eigenvalue weighted by atomic mass is 32.1. The molecule has 0 bridgehead atoms. The van der Waals surface area contributed by atoms with Crippen molar-refractivity contribution in [1.82, 2.24) is 4.98 Å². The van der Waals surface area contributed by atoms with Crippen molar-refractivity contribution in [2.45, 2.75) is 13.5 Å². The molecule has 0 aliphatic carbocycles. The smallest absolute Gasteiger partial charge is 0.0897 e. The number of nitrogens with zero attached hydrogens (tertiary/aromatic N) is 1. The largest absolute Gasteiger partial charge is 0.380 e. The van der Waals surface area contributed by atoms with Crippen LogP contribution in [0.25, 0.3) is 11.1 Å². The van der Waals surface area contributed by atoms with Gasteiger partial charge in [0.15, 0.2) is 0 Å². The van der Waals surface area contributed by atoms with E-state index in [1.54, 1.807) is 11.3 Å². The van der Waals surface area contributed by atoms with Crippen LogP contribution in [-0.4, -0.2) is 4.98 Å². The minimum absolute atomic E-state index is 0.830. The second-order valence-electron chi connectivity index (χ2n) is 4.64. The maximum Gasteiger partial charge on any atom is 0.0897 e. The Balaban J connectivity index is 1.67. The second kappa shape index (κ2) is 5.88. The lowest BCUT2D eigenvalue weighted by Crippen LogP contribution is -1.96. The van der Waals surface area contributed by atoms with Crippen LogP contribution in [0.2, 0.25) is 0 Å². The highest BCUT2D eigenvalue weighted by Crippen LogP contribution is 2.21. The van der Waals surface area contributed by atoms with E-state index in [1.165, 1.54) is 16.0 Å². The van der Waals surface area contributed by atoms with Gasteiger partial charge < -0.3 is 5.32 Å². The molecule has 0 atom stereocenters. The summed E-state index contributed by atoms with van der Waals surface area (Å²) in [6.45, 7) is 2.86. The average Bonchev–Trinajstić information content (AvgIpc) is 2.92. The van der Waals surface area contributed by atoms with E-state index in [0.29, 0.717) is 0 Å². The zero-order chi connectivity index (χ0) is 13.8. The number of aromatic nitrogens is 1. The van der Waals surface area contributed by atoms with E-state index in [1.807, 2.05) is 19.2 Å². The van der Waals surface area contributed by atoms with E-state index < -0.39 is 0 Å². The van der Waals surface area contributed by atoms with E-state index in [-0.39, 0.29) is 0 Å².